The summed E-state index contributed by atoms with van der Waals surface area (Å²) in [7, 11) is -4.25. The van der Waals surface area contributed by atoms with Crippen molar-refractivity contribution in [3.63, 3.8) is 0 Å². The Labute approximate surface area is 228 Å². The fourth-order valence-electron chi connectivity index (χ4n) is 3.38. The van der Waals surface area contributed by atoms with Gasteiger partial charge in [0.25, 0.3) is 0 Å². The van der Waals surface area contributed by atoms with E-state index in [4.69, 9.17) is 11.6 Å². The monoisotopic (exact) mass is 625 g/mol. The van der Waals surface area contributed by atoms with E-state index >= 15 is 0 Å². The Hall–Kier alpha value is -2.31. The van der Waals surface area contributed by atoms with Gasteiger partial charge in [0.15, 0.2) is 0 Å². The first-order valence-electron chi connectivity index (χ1n) is 11.3. The molecule has 204 valence electrons. The summed E-state index contributed by atoms with van der Waals surface area (Å²) < 4.78 is 66.5. The number of hydrogen-bond donors (Lipinski definition) is 1. The molecule has 0 aromatic heterocycles. The number of nitrogens with one attached hydrogen (secondary N) is 1. The first-order valence-corrected chi connectivity index (χ1v) is 14.3. The lowest BCUT2D eigenvalue weighted by Crippen LogP contribution is -2.51. The second kappa shape index (κ2) is 13.0. The Kier molecular flexibility index (Phi) is 10.8. The van der Waals surface area contributed by atoms with Crippen molar-refractivity contribution in [1.82, 2.24) is 10.2 Å². The van der Waals surface area contributed by atoms with Gasteiger partial charge in [0.2, 0.25) is 21.8 Å². The molecule has 2 amide bonds. The highest BCUT2D eigenvalue weighted by molar-refractivity contribution is 9.10. The number of unbranched alkanes of at least 4 members (excludes halogenated alkanes) is 1. The maximum absolute atomic E-state index is 13.5. The summed E-state index contributed by atoms with van der Waals surface area (Å²) in [4.78, 5) is 27.4. The molecule has 7 nitrogen and oxygen atoms in total. The van der Waals surface area contributed by atoms with Crippen LogP contribution < -0.4 is 9.62 Å². The zero-order valence-electron chi connectivity index (χ0n) is 20.5. The Morgan fingerprint density at radius 3 is 2.30 bits per heavy atom. The van der Waals surface area contributed by atoms with Gasteiger partial charge in [0.05, 0.1) is 22.5 Å². The highest BCUT2D eigenvalue weighted by Crippen LogP contribution is 2.36. The van der Waals surface area contributed by atoms with E-state index in [0.717, 1.165) is 35.7 Å². The van der Waals surface area contributed by atoms with Crippen molar-refractivity contribution in [2.24, 2.45) is 0 Å². The zero-order chi connectivity index (χ0) is 28.0. The van der Waals surface area contributed by atoms with Gasteiger partial charge in [-0.1, -0.05) is 53.0 Å². The third kappa shape index (κ3) is 8.89. The number of carbonyl (C=O) groups excluding carboxylic acids is 2. The van der Waals surface area contributed by atoms with Crippen LogP contribution >= 0.6 is 27.5 Å². The van der Waals surface area contributed by atoms with E-state index in [-0.39, 0.29) is 11.6 Å². The van der Waals surface area contributed by atoms with Crippen LogP contribution in [0.1, 0.15) is 37.8 Å². The van der Waals surface area contributed by atoms with Gasteiger partial charge in [-0.25, -0.2) is 8.42 Å². The van der Waals surface area contributed by atoms with E-state index in [2.05, 4.69) is 21.2 Å². The van der Waals surface area contributed by atoms with E-state index < -0.39 is 51.9 Å². The number of halogens is 5. The lowest BCUT2D eigenvalue weighted by Gasteiger charge is -2.32. The summed E-state index contributed by atoms with van der Waals surface area (Å²) in [5.41, 5.74) is -0.952. The summed E-state index contributed by atoms with van der Waals surface area (Å²) in [5.74, 6) is -1.23. The Morgan fingerprint density at radius 2 is 1.76 bits per heavy atom. The number of anilines is 1. The average molecular weight is 627 g/mol. The van der Waals surface area contributed by atoms with Gasteiger partial charge in [0, 0.05) is 17.6 Å². The maximum Gasteiger partial charge on any atom is 0.416 e. The minimum atomic E-state index is -4.76. The van der Waals surface area contributed by atoms with Crippen LogP contribution in [0.2, 0.25) is 5.02 Å². The van der Waals surface area contributed by atoms with E-state index in [0.29, 0.717) is 22.5 Å². The van der Waals surface area contributed by atoms with E-state index in [1.807, 2.05) is 6.92 Å². The standard InChI is InChI=1S/C24H28BrClF3N3O4S/c1-4-5-12-30-23(34)16(2)31(14-17-6-9-19(25)10-7-17)22(33)15-32(37(3,35)36)21-13-18(24(27,28)29)8-11-20(21)26/h6-11,13,16H,4-5,12,14-15H2,1-3H3,(H,30,34)/t16-/m0/s1. The number of amides is 2. The molecule has 0 bridgehead atoms. The minimum absolute atomic E-state index is 0.0393. The molecule has 13 heteroatoms. The SMILES string of the molecule is CCCCNC(=O)[C@H](C)N(Cc1ccc(Br)cc1)C(=O)CN(c1cc(C(F)(F)F)ccc1Cl)S(C)(=O)=O. The van der Waals surface area contributed by atoms with Gasteiger partial charge in [-0.2, -0.15) is 13.2 Å². The molecule has 2 aromatic rings. The minimum Gasteiger partial charge on any atom is -0.354 e. The van der Waals surface area contributed by atoms with Gasteiger partial charge in [-0.05, 0) is 49.2 Å². The highest BCUT2D eigenvalue weighted by atomic mass is 79.9. The first-order chi connectivity index (χ1) is 17.1. The van der Waals surface area contributed by atoms with Crippen LogP contribution in [-0.4, -0.2) is 50.5 Å². The van der Waals surface area contributed by atoms with Crippen molar-refractivity contribution in [3.05, 3.63) is 63.1 Å². The molecule has 0 heterocycles. The molecule has 2 aromatic carbocycles. The van der Waals surface area contributed by atoms with Crippen LogP contribution in [-0.2, 0) is 32.3 Å². The number of sulfonamides is 1. The van der Waals surface area contributed by atoms with Crippen molar-refractivity contribution < 1.29 is 31.2 Å². The summed E-state index contributed by atoms with van der Waals surface area (Å²) in [6, 6.07) is 8.17. The summed E-state index contributed by atoms with van der Waals surface area (Å²) >= 11 is 9.40. The number of carbonyl (C=O) groups is 2. The predicted octanol–water partition coefficient (Wildman–Crippen LogP) is 5.22. The van der Waals surface area contributed by atoms with Crippen LogP contribution in [0.3, 0.4) is 0 Å². The molecule has 2 rings (SSSR count). The summed E-state index contributed by atoms with van der Waals surface area (Å²) in [6.45, 7) is 2.96. The van der Waals surface area contributed by atoms with Crippen molar-refractivity contribution in [3.8, 4) is 0 Å². The third-order valence-corrected chi connectivity index (χ3v) is 7.46. The lowest BCUT2D eigenvalue weighted by atomic mass is 10.1. The van der Waals surface area contributed by atoms with E-state index in [1.54, 1.807) is 24.3 Å². The molecule has 0 aliphatic carbocycles. The van der Waals surface area contributed by atoms with Crippen LogP contribution in [0.15, 0.2) is 46.9 Å². The largest absolute Gasteiger partial charge is 0.416 e. The van der Waals surface area contributed by atoms with Gasteiger partial charge >= 0.3 is 6.18 Å². The second-order valence-corrected chi connectivity index (χ2v) is 11.6. The smallest absolute Gasteiger partial charge is 0.354 e. The van der Waals surface area contributed by atoms with Crippen LogP contribution in [0.25, 0.3) is 0 Å². The normalized spacial score (nSPS) is 12.6. The molecular formula is C24H28BrClF3N3O4S. The number of hydrogen-bond acceptors (Lipinski definition) is 4. The van der Waals surface area contributed by atoms with Crippen LogP contribution in [0.5, 0.6) is 0 Å². The van der Waals surface area contributed by atoms with E-state index in [1.165, 1.54) is 11.8 Å². The van der Waals surface area contributed by atoms with Gasteiger partial charge < -0.3 is 10.2 Å². The number of nitrogens with zero attached hydrogens (tertiary/aromatic N) is 2. The molecule has 1 atom stereocenters. The molecule has 0 saturated carbocycles. The Bertz CT molecular complexity index is 1210. The van der Waals surface area contributed by atoms with Crippen LogP contribution in [0, 0.1) is 0 Å². The second-order valence-electron chi connectivity index (χ2n) is 8.40. The van der Waals surface area contributed by atoms with Gasteiger partial charge in [-0.3, -0.25) is 13.9 Å². The zero-order valence-corrected chi connectivity index (χ0v) is 23.6. The van der Waals surface area contributed by atoms with Crippen molar-refractivity contribution in [1.29, 1.82) is 0 Å². The fraction of sp³-hybridized carbons (Fsp3) is 0.417. The Balaban J connectivity index is 2.45. The number of benzene rings is 2. The molecule has 0 aliphatic heterocycles. The summed E-state index contributed by atoms with van der Waals surface area (Å²) in [5, 5.41) is 2.46. The molecule has 0 saturated heterocycles. The van der Waals surface area contributed by atoms with Gasteiger partial charge in [-0.15, -0.1) is 0 Å². The maximum atomic E-state index is 13.5. The molecule has 0 unspecified atom stereocenters. The quantitative estimate of drug-likeness (QED) is 0.347. The third-order valence-electron chi connectivity index (χ3n) is 5.48. The average Bonchev–Trinajstić information content (AvgIpc) is 2.80. The Morgan fingerprint density at radius 1 is 1.14 bits per heavy atom. The highest BCUT2D eigenvalue weighted by Gasteiger charge is 2.34. The lowest BCUT2D eigenvalue weighted by molar-refractivity contribution is -0.139. The molecule has 0 radical (unpaired) electrons. The molecule has 0 fully saturated rings. The summed E-state index contributed by atoms with van der Waals surface area (Å²) in [6.07, 6.45) is -2.42. The van der Waals surface area contributed by atoms with E-state index in [9.17, 15) is 31.2 Å². The molecular weight excluding hydrogens is 599 g/mol. The molecule has 1 N–H and O–H groups in total. The van der Waals surface area contributed by atoms with Crippen molar-refractivity contribution >= 4 is 55.1 Å². The molecule has 37 heavy (non-hydrogen) atoms. The number of rotatable bonds is 11. The number of alkyl halides is 3. The fourth-order valence-corrected chi connectivity index (χ4v) is 4.77. The topological polar surface area (TPSA) is 86.8 Å². The van der Waals surface area contributed by atoms with Crippen molar-refractivity contribution in [2.45, 2.75) is 45.5 Å². The predicted molar refractivity (Wildman–Crippen MR) is 141 cm³/mol. The molecule has 0 aliphatic rings. The van der Waals surface area contributed by atoms with Gasteiger partial charge in [0.1, 0.15) is 12.6 Å². The first kappa shape index (κ1) is 30.9. The van der Waals surface area contributed by atoms with Crippen molar-refractivity contribution in [2.75, 3.05) is 23.7 Å². The van der Waals surface area contributed by atoms with Crippen LogP contribution in [0.4, 0.5) is 18.9 Å². The molecule has 0 spiro atoms.